The van der Waals surface area contributed by atoms with Gasteiger partial charge in [-0.2, -0.15) is 0 Å². The molecule has 41 heavy (non-hydrogen) atoms. The Morgan fingerprint density at radius 2 is 1.76 bits per heavy atom. The molecule has 3 aromatic carbocycles. The molecule has 0 aliphatic heterocycles. The third kappa shape index (κ3) is 8.28. The minimum atomic E-state index is -1.08. The third-order valence-electron chi connectivity index (χ3n) is 7.02. The first-order valence-electron chi connectivity index (χ1n) is 14.0. The van der Waals surface area contributed by atoms with Gasteiger partial charge in [-0.3, -0.25) is 9.59 Å². The number of H-pyrrole nitrogens is 1. The number of benzene rings is 3. The van der Waals surface area contributed by atoms with Crippen LogP contribution in [-0.2, 0) is 25.8 Å². The maximum Gasteiger partial charge on any atom is 0.258 e. The molecule has 0 radical (unpaired) electrons. The SMILES string of the molecule is CCCCc1nc2ccc(C(=O)N[C@@H](Cc3cc(F)cc(F)c3)[C@H](O)CNCc3cccc(CC)c3)cc2c(=O)[nH]1. The first-order chi connectivity index (χ1) is 19.7. The number of rotatable bonds is 13. The summed E-state index contributed by atoms with van der Waals surface area (Å²) in [5.41, 5.74) is 2.90. The van der Waals surface area contributed by atoms with Crippen molar-refractivity contribution < 1.29 is 18.7 Å². The fourth-order valence-corrected chi connectivity index (χ4v) is 4.77. The van der Waals surface area contributed by atoms with Crippen LogP contribution >= 0.6 is 0 Å². The van der Waals surface area contributed by atoms with E-state index in [1.54, 1.807) is 12.1 Å². The van der Waals surface area contributed by atoms with Crippen molar-refractivity contribution in [2.24, 2.45) is 0 Å². The molecule has 216 valence electrons. The van der Waals surface area contributed by atoms with Crippen LogP contribution in [0.1, 0.15) is 59.6 Å². The van der Waals surface area contributed by atoms with Crippen LogP contribution < -0.4 is 16.2 Å². The first-order valence-corrected chi connectivity index (χ1v) is 14.0. The highest BCUT2D eigenvalue weighted by atomic mass is 19.1. The Morgan fingerprint density at radius 1 is 1.00 bits per heavy atom. The minimum Gasteiger partial charge on any atom is -0.390 e. The Labute approximate surface area is 238 Å². The van der Waals surface area contributed by atoms with Crippen LogP contribution in [0.2, 0.25) is 0 Å². The van der Waals surface area contributed by atoms with Gasteiger partial charge in [-0.05, 0) is 66.3 Å². The number of unbranched alkanes of at least 4 members (excludes halogenated alkanes) is 1. The Kier molecular flexibility index (Phi) is 10.3. The van der Waals surface area contributed by atoms with E-state index in [0.717, 1.165) is 30.9 Å². The molecule has 1 heterocycles. The van der Waals surface area contributed by atoms with Gasteiger partial charge in [-0.15, -0.1) is 0 Å². The second-order valence-electron chi connectivity index (χ2n) is 10.3. The molecule has 0 aliphatic carbocycles. The highest BCUT2D eigenvalue weighted by Gasteiger charge is 2.23. The summed E-state index contributed by atoms with van der Waals surface area (Å²) in [5.74, 6) is -1.42. The van der Waals surface area contributed by atoms with E-state index in [4.69, 9.17) is 0 Å². The monoisotopic (exact) mass is 562 g/mol. The molecule has 0 saturated heterocycles. The maximum absolute atomic E-state index is 13.9. The van der Waals surface area contributed by atoms with Gasteiger partial charge in [-0.1, -0.05) is 44.5 Å². The van der Waals surface area contributed by atoms with Crippen LogP contribution in [-0.4, -0.2) is 39.7 Å². The van der Waals surface area contributed by atoms with Crippen LogP contribution in [0, 0.1) is 11.6 Å². The summed E-state index contributed by atoms with van der Waals surface area (Å²) in [6, 6.07) is 15.0. The summed E-state index contributed by atoms with van der Waals surface area (Å²) in [4.78, 5) is 33.3. The van der Waals surface area contributed by atoms with Crippen LogP contribution in [0.15, 0.2) is 65.5 Å². The van der Waals surface area contributed by atoms with Crippen molar-refractivity contribution >= 4 is 16.8 Å². The van der Waals surface area contributed by atoms with Crippen molar-refractivity contribution in [3.63, 3.8) is 0 Å². The van der Waals surface area contributed by atoms with E-state index in [1.165, 1.54) is 23.8 Å². The Morgan fingerprint density at radius 3 is 2.49 bits per heavy atom. The average molecular weight is 563 g/mol. The maximum atomic E-state index is 13.9. The average Bonchev–Trinajstić information content (AvgIpc) is 2.95. The van der Waals surface area contributed by atoms with Gasteiger partial charge in [-0.25, -0.2) is 13.8 Å². The smallest absolute Gasteiger partial charge is 0.258 e. The van der Waals surface area contributed by atoms with Crippen LogP contribution in [0.5, 0.6) is 0 Å². The van der Waals surface area contributed by atoms with Crippen molar-refractivity contribution in [1.29, 1.82) is 0 Å². The summed E-state index contributed by atoms with van der Waals surface area (Å²) in [7, 11) is 0. The van der Waals surface area contributed by atoms with Crippen LogP contribution in [0.25, 0.3) is 10.9 Å². The van der Waals surface area contributed by atoms with E-state index in [2.05, 4.69) is 40.5 Å². The largest absolute Gasteiger partial charge is 0.390 e. The van der Waals surface area contributed by atoms with E-state index < -0.39 is 29.7 Å². The minimum absolute atomic E-state index is 0.00883. The molecule has 0 bridgehead atoms. The lowest BCUT2D eigenvalue weighted by Crippen LogP contribution is -2.48. The van der Waals surface area contributed by atoms with E-state index >= 15 is 0 Å². The van der Waals surface area contributed by atoms with Gasteiger partial charge in [0.25, 0.3) is 11.5 Å². The van der Waals surface area contributed by atoms with Gasteiger partial charge in [0.05, 0.1) is 23.0 Å². The number of nitrogens with zero attached hydrogens (tertiary/aromatic N) is 1. The molecule has 9 heteroatoms. The lowest BCUT2D eigenvalue weighted by atomic mass is 9.99. The highest BCUT2D eigenvalue weighted by molar-refractivity contribution is 5.98. The molecular weight excluding hydrogens is 526 g/mol. The highest BCUT2D eigenvalue weighted by Crippen LogP contribution is 2.15. The van der Waals surface area contributed by atoms with Crippen molar-refractivity contribution in [2.45, 2.75) is 64.6 Å². The summed E-state index contributed by atoms with van der Waals surface area (Å²) in [6.45, 7) is 4.76. The molecule has 7 nitrogen and oxygen atoms in total. The number of aromatic nitrogens is 2. The summed E-state index contributed by atoms with van der Waals surface area (Å²) < 4.78 is 27.8. The fraction of sp³-hybridized carbons (Fsp3) is 0.344. The number of aliphatic hydroxyl groups excluding tert-OH is 1. The Hall–Kier alpha value is -3.95. The number of halogens is 2. The summed E-state index contributed by atoms with van der Waals surface area (Å²) >= 11 is 0. The number of nitrogens with one attached hydrogen (secondary N) is 3. The molecule has 4 N–H and O–H groups in total. The van der Waals surface area contributed by atoms with Crippen molar-refractivity contribution in [3.05, 3.63) is 111 Å². The van der Waals surface area contributed by atoms with Crippen molar-refractivity contribution in [3.8, 4) is 0 Å². The van der Waals surface area contributed by atoms with E-state index in [1.807, 2.05) is 18.2 Å². The standard InChI is InChI=1S/C32H36F2N4O3/c1-3-5-9-30-36-27-11-10-23(16-26(27)32(41)38-30)31(40)37-28(15-22-13-24(33)17-25(34)14-22)29(39)19-35-18-21-8-6-7-20(4-2)12-21/h6-8,10-14,16-17,28-29,35,39H,3-5,9,15,18-19H2,1-2H3,(H,37,40)(H,36,38,41)/t28-,29+/m0/s1. The number of fused-ring (bicyclic) bond motifs is 1. The van der Waals surface area contributed by atoms with E-state index in [-0.39, 0.29) is 29.5 Å². The number of carbonyl (C=O) groups is 1. The molecule has 4 aromatic rings. The van der Waals surface area contributed by atoms with Gasteiger partial charge >= 0.3 is 0 Å². The lowest BCUT2D eigenvalue weighted by molar-refractivity contribution is 0.0830. The molecule has 1 aromatic heterocycles. The van der Waals surface area contributed by atoms with E-state index in [9.17, 15) is 23.5 Å². The number of aliphatic hydroxyl groups is 1. The predicted molar refractivity (Wildman–Crippen MR) is 156 cm³/mol. The van der Waals surface area contributed by atoms with Crippen LogP contribution in [0.3, 0.4) is 0 Å². The number of aryl methyl sites for hydroxylation is 2. The Balaban J connectivity index is 1.51. The van der Waals surface area contributed by atoms with Gasteiger partial charge in [0, 0.05) is 31.1 Å². The summed E-state index contributed by atoms with van der Waals surface area (Å²) in [5, 5.41) is 17.4. The van der Waals surface area contributed by atoms with Gasteiger partial charge in [0.2, 0.25) is 0 Å². The fourth-order valence-electron chi connectivity index (χ4n) is 4.77. The first kappa shape index (κ1) is 30.0. The van der Waals surface area contributed by atoms with Crippen molar-refractivity contribution in [1.82, 2.24) is 20.6 Å². The number of amides is 1. The van der Waals surface area contributed by atoms with Crippen molar-refractivity contribution in [2.75, 3.05) is 6.54 Å². The van der Waals surface area contributed by atoms with Gasteiger partial charge in [0.1, 0.15) is 17.5 Å². The molecule has 0 unspecified atom stereocenters. The molecule has 0 saturated carbocycles. The quantitative estimate of drug-likeness (QED) is 0.191. The lowest BCUT2D eigenvalue weighted by Gasteiger charge is -2.25. The number of hydrogen-bond donors (Lipinski definition) is 4. The zero-order chi connectivity index (χ0) is 29.4. The topological polar surface area (TPSA) is 107 Å². The Bertz CT molecular complexity index is 1540. The predicted octanol–water partition coefficient (Wildman–Crippen LogP) is 4.60. The number of hydrogen-bond acceptors (Lipinski definition) is 5. The molecule has 2 atom stereocenters. The number of aromatic amines is 1. The zero-order valence-corrected chi connectivity index (χ0v) is 23.3. The second kappa shape index (κ2) is 14.1. The van der Waals surface area contributed by atoms with Gasteiger partial charge in [0.15, 0.2) is 0 Å². The van der Waals surface area contributed by atoms with Crippen LogP contribution in [0.4, 0.5) is 8.78 Å². The van der Waals surface area contributed by atoms with E-state index in [0.29, 0.717) is 29.9 Å². The molecule has 4 rings (SSSR count). The van der Waals surface area contributed by atoms with Gasteiger partial charge < -0.3 is 20.7 Å². The molecule has 0 aliphatic rings. The normalized spacial score (nSPS) is 12.8. The third-order valence-corrected chi connectivity index (χ3v) is 7.02. The summed E-state index contributed by atoms with van der Waals surface area (Å²) in [6.07, 6.45) is 2.34. The zero-order valence-electron chi connectivity index (χ0n) is 23.3. The molecule has 0 spiro atoms. The number of carbonyl (C=O) groups excluding carboxylic acids is 1. The molecule has 0 fully saturated rings. The second-order valence-corrected chi connectivity index (χ2v) is 10.3. The molecular formula is C32H36F2N4O3. The molecule has 1 amide bonds.